The van der Waals surface area contributed by atoms with Gasteiger partial charge in [-0.3, -0.25) is 0 Å². The Morgan fingerprint density at radius 2 is 1.72 bits per heavy atom. The van der Waals surface area contributed by atoms with Gasteiger partial charge in [0.1, 0.15) is 0 Å². The summed E-state index contributed by atoms with van der Waals surface area (Å²) in [5.41, 5.74) is 3.36. The van der Waals surface area contributed by atoms with Crippen LogP contribution in [0.4, 0.5) is 0 Å². The lowest BCUT2D eigenvalue weighted by Crippen LogP contribution is -2.14. The van der Waals surface area contributed by atoms with Crippen molar-refractivity contribution in [2.24, 2.45) is 0 Å². The number of aliphatic hydroxyl groups excluding tert-OH is 1. The molecule has 5 aromatic rings. The third kappa shape index (κ3) is 3.90. The van der Waals surface area contributed by atoms with Crippen molar-refractivity contribution >= 4 is 32.0 Å². The summed E-state index contributed by atoms with van der Waals surface area (Å²) in [7, 11) is -0.837. The van der Waals surface area contributed by atoms with Gasteiger partial charge in [-0.2, -0.15) is 0 Å². The lowest BCUT2D eigenvalue weighted by atomic mass is 10.1. The Bertz CT molecular complexity index is 1670. The first-order valence-corrected chi connectivity index (χ1v) is 13.0. The molecule has 1 N–H and O–H groups in total. The third-order valence-electron chi connectivity index (χ3n) is 6.30. The molecule has 36 heavy (non-hydrogen) atoms. The van der Waals surface area contributed by atoms with Crippen LogP contribution in [0.3, 0.4) is 0 Å². The van der Waals surface area contributed by atoms with Crippen LogP contribution in [0.1, 0.15) is 12.0 Å². The van der Waals surface area contributed by atoms with Gasteiger partial charge < -0.3 is 19.1 Å². The van der Waals surface area contributed by atoms with Gasteiger partial charge in [0.15, 0.2) is 17.1 Å². The number of rotatable bonds is 8. The predicted octanol–water partition coefficient (Wildman–Crippen LogP) is 4.60. The zero-order chi connectivity index (χ0) is 25.4. The second kappa shape index (κ2) is 9.33. The monoisotopic (exact) mass is 505 g/mol. The molecule has 0 fully saturated rings. The molecular weight excluding hydrogens is 478 g/mol. The Hall–Kier alpha value is -3.82. The van der Waals surface area contributed by atoms with Crippen molar-refractivity contribution in [2.75, 3.05) is 20.8 Å². The number of pyridine rings is 1. The van der Waals surface area contributed by atoms with E-state index >= 15 is 0 Å². The van der Waals surface area contributed by atoms with Crippen LogP contribution in [0.2, 0.25) is 0 Å². The normalized spacial score (nSPS) is 11.9. The van der Waals surface area contributed by atoms with Gasteiger partial charge in [-0.05, 0) is 49.7 Å². The first-order chi connectivity index (χ1) is 17.4. The number of benzene rings is 2. The summed E-state index contributed by atoms with van der Waals surface area (Å²) in [6.45, 7) is 2.50. The van der Waals surface area contributed by atoms with Crippen LogP contribution >= 0.6 is 0 Å². The molecule has 0 radical (unpaired) electrons. The second-order valence-electron chi connectivity index (χ2n) is 8.57. The molecule has 0 bridgehead atoms. The largest absolute Gasteiger partial charge is 0.493 e. The average molecular weight is 506 g/mol. The molecule has 0 amide bonds. The molecule has 5 rings (SSSR count). The summed E-state index contributed by atoms with van der Waals surface area (Å²) in [4.78, 5) is 4.61. The lowest BCUT2D eigenvalue weighted by Gasteiger charge is -2.12. The van der Waals surface area contributed by atoms with Crippen LogP contribution in [0, 0.1) is 6.92 Å². The Morgan fingerprint density at radius 3 is 2.42 bits per heavy atom. The van der Waals surface area contributed by atoms with Crippen LogP contribution in [0.15, 0.2) is 71.9 Å². The Morgan fingerprint density at radius 1 is 1.00 bits per heavy atom. The molecule has 3 aromatic heterocycles. The fourth-order valence-corrected chi connectivity index (χ4v) is 5.99. The number of ether oxygens (including phenoxy) is 2. The van der Waals surface area contributed by atoms with Crippen LogP contribution < -0.4 is 9.47 Å². The first-order valence-electron chi connectivity index (χ1n) is 11.5. The highest BCUT2D eigenvalue weighted by atomic mass is 32.2. The van der Waals surface area contributed by atoms with Crippen LogP contribution in [0.5, 0.6) is 11.5 Å². The van der Waals surface area contributed by atoms with Crippen molar-refractivity contribution in [1.29, 1.82) is 0 Å². The second-order valence-corrected chi connectivity index (χ2v) is 10.4. The predicted molar refractivity (Wildman–Crippen MR) is 139 cm³/mol. The van der Waals surface area contributed by atoms with E-state index in [0.29, 0.717) is 46.8 Å². The minimum atomic E-state index is -3.97. The zero-order valence-corrected chi connectivity index (χ0v) is 21.1. The Balaban J connectivity index is 1.84. The third-order valence-corrected chi connectivity index (χ3v) is 8.02. The molecule has 8 nitrogen and oxygen atoms in total. The molecule has 2 aromatic carbocycles. The fourth-order valence-electron chi connectivity index (χ4n) is 4.50. The number of nitrogens with zero attached hydrogens (tertiary/aromatic N) is 3. The smallest absolute Gasteiger partial charge is 0.269 e. The summed E-state index contributed by atoms with van der Waals surface area (Å²) in [5.74, 6) is 1.10. The highest BCUT2D eigenvalue weighted by Crippen LogP contribution is 2.41. The van der Waals surface area contributed by atoms with Gasteiger partial charge >= 0.3 is 0 Å². The van der Waals surface area contributed by atoms with E-state index in [1.807, 2.05) is 42.0 Å². The number of hydrogen-bond donors (Lipinski definition) is 1. The molecule has 0 saturated carbocycles. The van der Waals surface area contributed by atoms with Crippen molar-refractivity contribution in [3.63, 3.8) is 0 Å². The van der Waals surface area contributed by atoms with Crippen molar-refractivity contribution in [2.45, 2.75) is 24.8 Å². The topological polar surface area (TPSA) is 95.6 Å². The summed E-state index contributed by atoms with van der Waals surface area (Å²) >= 11 is 0. The number of aryl methyl sites for hydroxylation is 2. The molecular formula is C27H27N3O5S. The van der Waals surface area contributed by atoms with Crippen molar-refractivity contribution in [3.8, 4) is 22.8 Å². The summed E-state index contributed by atoms with van der Waals surface area (Å²) < 4.78 is 42.4. The molecule has 186 valence electrons. The molecule has 0 atom stereocenters. The van der Waals surface area contributed by atoms with Gasteiger partial charge in [0.05, 0.1) is 30.3 Å². The van der Waals surface area contributed by atoms with E-state index in [4.69, 9.17) is 9.47 Å². The van der Waals surface area contributed by atoms with E-state index in [9.17, 15) is 13.5 Å². The van der Waals surface area contributed by atoms with Gasteiger partial charge in [-0.15, -0.1) is 0 Å². The number of aliphatic hydroxyl groups is 1. The maximum Gasteiger partial charge on any atom is 0.269 e. The van der Waals surface area contributed by atoms with Crippen LogP contribution in [0.25, 0.3) is 33.2 Å². The number of fused-ring (bicyclic) bond motifs is 2. The summed E-state index contributed by atoms with van der Waals surface area (Å²) in [5, 5.41) is 11.0. The molecule has 9 heteroatoms. The molecule has 3 heterocycles. The van der Waals surface area contributed by atoms with Gasteiger partial charge in [-0.1, -0.05) is 17.7 Å². The summed E-state index contributed by atoms with van der Waals surface area (Å²) in [6.07, 6.45) is 4.05. The number of aromatic nitrogens is 3. The van der Waals surface area contributed by atoms with E-state index in [1.165, 1.54) is 3.97 Å². The fraction of sp³-hybridized carbons (Fsp3) is 0.222. The highest BCUT2D eigenvalue weighted by Gasteiger charge is 2.27. The Kier molecular flexibility index (Phi) is 6.19. The molecule has 0 aliphatic carbocycles. The number of methoxy groups -OCH3 is 2. The standard InChI is InChI=1S/C27H27N3O5S/c1-18-7-9-20(10-8-18)36(32,33)30-24(14-19-6-4-11-28-27(19)30)22-17-29(12-5-13-31)23-16-26(35-3)25(34-2)15-21(22)23/h4,6-11,14-17,31H,5,12-13H2,1-3H3. The quantitative estimate of drug-likeness (QED) is 0.331. The average Bonchev–Trinajstić information content (AvgIpc) is 3.45. The van der Waals surface area contributed by atoms with E-state index in [-0.39, 0.29) is 11.5 Å². The number of hydrogen-bond acceptors (Lipinski definition) is 6. The van der Waals surface area contributed by atoms with E-state index in [2.05, 4.69) is 4.98 Å². The van der Waals surface area contributed by atoms with Crippen LogP contribution in [-0.4, -0.2) is 47.9 Å². The van der Waals surface area contributed by atoms with Gasteiger partial charge in [0.25, 0.3) is 10.0 Å². The molecule has 0 spiro atoms. The minimum absolute atomic E-state index is 0.0360. The molecule has 0 aliphatic rings. The minimum Gasteiger partial charge on any atom is -0.493 e. The van der Waals surface area contributed by atoms with Crippen molar-refractivity contribution in [3.05, 3.63) is 72.6 Å². The highest BCUT2D eigenvalue weighted by molar-refractivity contribution is 7.90. The van der Waals surface area contributed by atoms with Crippen molar-refractivity contribution < 1.29 is 23.0 Å². The maximum absolute atomic E-state index is 14.0. The molecule has 0 unspecified atom stereocenters. The van der Waals surface area contributed by atoms with Crippen molar-refractivity contribution in [1.82, 2.24) is 13.5 Å². The summed E-state index contributed by atoms with van der Waals surface area (Å²) in [6, 6.07) is 16.0. The van der Waals surface area contributed by atoms with E-state index < -0.39 is 10.0 Å². The molecule has 0 saturated heterocycles. The van der Waals surface area contributed by atoms with Gasteiger partial charge in [-0.25, -0.2) is 17.4 Å². The Labute approximate surface area is 209 Å². The lowest BCUT2D eigenvalue weighted by molar-refractivity contribution is 0.280. The maximum atomic E-state index is 14.0. The van der Waals surface area contributed by atoms with Crippen LogP contribution in [-0.2, 0) is 16.6 Å². The van der Waals surface area contributed by atoms with E-state index in [1.54, 1.807) is 50.7 Å². The molecule has 0 aliphatic heterocycles. The first kappa shape index (κ1) is 23.9. The SMILES string of the molecule is COc1cc2c(-c3cc4cccnc4n3S(=O)(=O)c3ccc(C)cc3)cn(CCCO)c2cc1OC. The van der Waals surface area contributed by atoms with Gasteiger partial charge in [0.2, 0.25) is 0 Å². The van der Waals surface area contributed by atoms with Gasteiger partial charge in [0, 0.05) is 47.9 Å². The zero-order valence-electron chi connectivity index (χ0n) is 20.3. The van der Waals surface area contributed by atoms with E-state index in [0.717, 1.165) is 16.5 Å².